The summed E-state index contributed by atoms with van der Waals surface area (Å²) in [4.78, 5) is 16.5. The number of rotatable bonds is 2. The largest absolute Gasteiger partial charge is 0.302 e. The van der Waals surface area contributed by atoms with Crippen molar-refractivity contribution in [2.24, 2.45) is 29.1 Å². The average molecular weight is 390 g/mol. The molecule has 1 saturated carbocycles. The highest BCUT2D eigenvalue weighted by Crippen LogP contribution is 2.54. The smallest absolute Gasteiger partial charge is 0.155 e. The SMILES string of the molecule is CC(C)(C)C(=O)C1C(C2CCCCC2)C2C3CCCNC3NC2N1C(C)(C)C. The Labute approximate surface area is 172 Å². The maximum Gasteiger partial charge on any atom is 0.155 e. The maximum atomic E-state index is 13.9. The van der Waals surface area contributed by atoms with Gasteiger partial charge in [-0.15, -0.1) is 0 Å². The first-order valence-electron chi connectivity index (χ1n) is 11.9. The first-order chi connectivity index (χ1) is 13.1. The Bertz CT molecular complexity index is 584. The predicted octanol–water partition coefficient (Wildman–Crippen LogP) is 4.15. The number of nitrogens with zero attached hydrogens (tertiary/aromatic N) is 1. The highest BCUT2D eigenvalue weighted by molar-refractivity contribution is 5.89. The van der Waals surface area contributed by atoms with Crippen LogP contribution in [0.1, 0.15) is 86.5 Å². The molecule has 160 valence electrons. The second-order valence-electron chi connectivity index (χ2n) is 12.0. The Kier molecular flexibility index (Phi) is 5.46. The first-order valence-corrected chi connectivity index (χ1v) is 11.9. The summed E-state index contributed by atoms with van der Waals surface area (Å²) < 4.78 is 0. The Morgan fingerprint density at radius 2 is 1.57 bits per heavy atom. The van der Waals surface area contributed by atoms with Gasteiger partial charge >= 0.3 is 0 Å². The summed E-state index contributed by atoms with van der Waals surface area (Å²) in [7, 11) is 0. The number of nitrogens with one attached hydrogen (secondary N) is 2. The van der Waals surface area contributed by atoms with Gasteiger partial charge in [0, 0.05) is 11.0 Å². The highest BCUT2D eigenvalue weighted by atomic mass is 16.1. The van der Waals surface area contributed by atoms with Crippen LogP contribution in [-0.4, -0.2) is 41.1 Å². The van der Waals surface area contributed by atoms with E-state index in [4.69, 9.17) is 0 Å². The van der Waals surface area contributed by atoms with Gasteiger partial charge in [-0.1, -0.05) is 52.9 Å². The molecule has 0 amide bonds. The molecule has 3 aliphatic heterocycles. The number of Topliss-reactive ketones (excluding diaryl/α,β-unsaturated/α-hetero) is 1. The maximum absolute atomic E-state index is 13.9. The number of hydrogen-bond acceptors (Lipinski definition) is 4. The Hall–Kier alpha value is -0.450. The Balaban J connectivity index is 1.78. The van der Waals surface area contributed by atoms with Gasteiger partial charge in [0.25, 0.3) is 0 Å². The molecule has 1 aliphatic carbocycles. The summed E-state index contributed by atoms with van der Waals surface area (Å²) in [5, 5.41) is 7.74. The van der Waals surface area contributed by atoms with E-state index in [1.54, 1.807) is 0 Å². The van der Waals surface area contributed by atoms with Crippen molar-refractivity contribution in [3.05, 3.63) is 0 Å². The lowest BCUT2D eigenvalue weighted by atomic mass is 9.66. The van der Waals surface area contributed by atoms with Gasteiger partial charge in [-0.05, 0) is 63.8 Å². The Morgan fingerprint density at radius 3 is 2.18 bits per heavy atom. The van der Waals surface area contributed by atoms with Crippen molar-refractivity contribution in [2.45, 2.75) is 110 Å². The zero-order valence-electron chi connectivity index (χ0n) is 19.1. The van der Waals surface area contributed by atoms with Gasteiger partial charge < -0.3 is 5.32 Å². The molecule has 6 unspecified atom stereocenters. The van der Waals surface area contributed by atoms with E-state index < -0.39 is 0 Å². The summed E-state index contributed by atoms with van der Waals surface area (Å²) in [6.45, 7) is 14.4. The van der Waals surface area contributed by atoms with Crippen molar-refractivity contribution < 1.29 is 4.79 Å². The predicted molar refractivity (Wildman–Crippen MR) is 115 cm³/mol. The van der Waals surface area contributed by atoms with Gasteiger partial charge in [0.05, 0.1) is 18.4 Å². The van der Waals surface area contributed by atoms with Crippen molar-refractivity contribution in [1.29, 1.82) is 0 Å². The topological polar surface area (TPSA) is 44.4 Å². The summed E-state index contributed by atoms with van der Waals surface area (Å²) >= 11 is 0. The van der Waals surface area contributed by atoms with Crippen molar-refractivity contribution in [2.75, 3.05) is 6.54 Å². The lowest BCUT2D eigenvalue weighted by Gasteiger charge is -2.45. The number of hydrogen-bond donors (Lipinski definition) is 2. The van der Waals surface area contributed by atoms with E-state index in [1.807, 2.05) is 0 Å². The van der Waals surface area contributed by atoms with Crippen molar-refractivity contribution in [1.82, 2.24) is 15.5 Å². The van der Waals surface area contributed by atoms with Crippen LogP contribution in [0.2, 0.25) is 0 Å². The number of fused-ring (bicyclic) bond motifs is 3. The molecule has 3 heterocycles. The fourth-order valence-corrected chi connectivity index (χ4v) is 7.04. The minimum Gasteiger partial charge on any atom is -0.302 e. The third kappa shape index (κ3) is 3.48. The number of carbonyl (C=O) groups excluding carboxylic acids is 1. The number of ketones is 1. The number of likely N-dealkylation sites (tertiary alicyclic amines) is 1. The van der Waals surface area contributed by atoms with Crippen LogP contribution in [0.5, 0.6) is 0 Å². The monoisotopic (exact) mass is 389 g/mol. The summed E-state index contributed by atoms with van der Waals surface area (Å²) in [6, 6.07) is 0.0634. The zero-order valence-corrected chi connectivity index (χ0v) is 19.1. The molecular weight excluding hydrogens is 346 g/mol. The van der Waals surface area contributed by atoms with E-state index in [9.17, 15) is 4.79 Å². The molecule has 0 aromatic heterocycles. The second-order valence-corrected chi connectivity index (χ2v) is 12.0. The van der Waals surface area contributed by atoms with E-state index in [1.165, 1.54) is 44.9 Å². The lowest BCUT2D eigenvalue weighted by molar-refractivity contribution is -0.136. The number of piperidine rings is 1. The molecule has 28 heavy (non-hydrogen) atoms. The first kappa shape index (κ1) is 20.8. The van der Waals surface area contributed by atoms with Gasteiger partial charge in [-0.2, -0.15) is 0 Å². The third-order valence-corrected chi connectivity index (χ3v) is 8.10. The molecule has 0 spiro atoms. The van der Waals surface area contributed by atoms with E-state index in [0.29, 0.717) is 41.8 Å². The van der Waals surface area contributed by atoms with Crippen LogP contribution in [0.3, 0.4) is 0 Å². The molecule has 6 atom stereocenters. The van der Waals surface area contributed by atoms with Crippen LogP contribution < -0.4 is 10.6 Å². The molecule has 0 aromatic carbocycles. The van der Waals surface area contributed by atoms with Crippen LogP contribution in [0.25, 0.3) is 0 Å². The van der Waals surface area contributed by atoms with E-state index in [-0.39, 0.29) is 17.0 Å². The third-order valence-electron chi connectivity index (χ3n) is 8.10. The van der Waals surface area contributed by atoms with E-state index in [0.717, 1.165) is 6.54 Å². The van der Waals surface area contributed by atoms with Crippen LogP contribution in [0, 0.1) is 29.1 Å². The molecule has 4 heteroatoms. The molecule has 4 nitrogen and oxygen atoms in total. The summed E-state index contributed by atoms with van der Waals surface area (Å²) in [6.07, 6.45) is 10.1. The quantitative estimate of drug-likeness (QED) is 0.745. The van der Waals surface area contributed by atoms with Crippen LogP contribution >= 0.6 is 0 Å². The molecule has 0 bridgehead atoms. The highest BCUT2D eigenvalue weighted by Gasteiger charge is 2.63. The fourth-order valence-electron chi connectivity index (χ4n) is 7.04. The Morgan fingerprint density at radius 1 is 0.893 bits per heavy atom. The second kappa shape index (κ2) is 7.35. The van der Waals surface area contributed by atoms with Gasteiger partial charge in [0.15, 0.2) is 5.78 Å². The normalized spacial score (nSPS) is 40.4. The molecule has 2 N–H and O–H groups in total. The molecule has 0 radical (unpaired) electrons. The minimum absolute atomic E-state index is 0.0155. The van der Waals surface area contributed by atoms with Gasteiger partial charge in [-0.25, -0.2) is 0 Å². The van der Waals surface area contributed by atoms with Crippen LogP contribution in [-0.2, 0) is 4.79 Å². The lowest BCUT2D eigenvalue weighted by Crippen LogP contribution is -2.60. The number of carbonyl (C=O) groups is 1. The minimum atomic E-state index is -0.288. The van der Waals surface area contributed by atoms with Gasteiger partial charge in [-0.3, -0.25) is 15.0 Å². The standard InChI is InChI=1S/C24H43N3O/c1-23(2,3)20(28)19-17(15-11-8-7-9-12-15)18-16-13-10-14-25-21(16)26-22(18)27(19)24(4,5)6/h15-19,21-22,25-26H,7-14H2,1-6H3. The molecule has 3 saturated heterocycles. The van der Waals surface area contributed by atoms with Crippen LogP contribution in [0.15, 0.2) is 0 Å². The summed E-state index contributed by atoms with van der Waals surface area (Å²) in [5.41, 5.74) is -0.303. The van der Waals surface area contributed by atoms with Crippen molar-refractivity contribution in [3.8, 4) is 0 Å². The van der Waals surface area contributed by atoms with Crippen molar-refractivity contribution in [3.63, 3.8) is 0 Å². The fraction of sp³-hybridized carbons (Fsp3) is 0.958. The van der Waals surface area contributed by atoms with Gasteiger partial charge in [0.1, 0.15) is 0 Å². The molecule has 4 rings (SSSR count). The summed E-state index contributed by atoms with van der Waals surface area (Å²) in [5.74, 6) is 2.98. The van der Waals surface area contributed by atoms with Crippen molar-refractivity contribution >= 4 is 5.78 Å². The van der Waals surface area contributed by atoms with Crippen LogP contribution in [0.4, 0.5) is 0 Å². The molecule has 0 aromatic rings. The average Bonchev–Trinajstić information content (AvgIpc) is 3.14. The zero-order chi connectivity index (χ0) is 20.3. The molecule has 4 aliphatic rings. The molecule has 4 fully saturated rings. The van der Waals surface area contributed by atoms with Gasteiger partial charge in [0.2, 0.25) is 0 Å². The van der Waals surface area contributed by atoms with E-state index >= 15 is 0 Å². The van der Waals surface area contributed by atoms with E-state index in [2.05, 4.69) is 57.1 Å². The molecular formula is C24H43N3O.